The molecule has 0 aliphatic carbocycles. The zero-order valence-corrected chi connectivity index (χ0v) is 19.5. The van der Waals surface area contributed by atoms with Gasteiger partial charge in [-0.1, -0.05) is 41.9 Å². The highest BCUT2D eigenvalue weighted by Crippen LogP contribution is 2.36. The molecule has 170 valence electrons. The lowest BCUT2D eigenvalue weighted by atomic mass is 9.97. The molecule has 0 unspecified atom stereocenters. The quantitative estimate of drug-likeness (QED) is 0.320. The van der Waals surface area contributed by atoms with Crippen LogP contribution in [-0.4, -0.2) is 29.6 Å². The van der Waals surface area contributed by atoms with E-state index in [9.17, 15) is 4.39 Å². The van der Waals surface area contributed by atoms with Gasteiger partial charge in [-0.15, -0.1) is 0 Å². The fourth-order valence-electron chi connectivity index (χ4n) is 4.45. The molecular formula is C27H23ClFN5. The Morgan fingerprint density at radius 2 is 2.00 bits per heavy atom. The predicted molar refractivity (Wildman–Crippen MR) is 136 cm³/mol. The van der Waals surface area contributed by atoms with Gasteiger partial charge in [0.05, 0.1) is 17.8 Å². The molecule has 1 atom stereocenters. The minimum Gasteiger partial charge on any atom is -0.354 e. The molecule has 0 saturated carbocycles. The first-order valence-electron chi connectivity index (χ1n) is 11.2. The molecule has 1 fully saturated rings. The van der Waals surface area contributed by atoms with E-state index in [1.54, 1.807) is 6.07 Å². The Hall–Kier alpha value is -3.53. The summed E-state index contributed by atoms with van der Waals surface area (Å²) < 4.78 is 14.5. The van der Waals surface area contributed by atoms with E-state index in [2.05, 4.69) is 15.5 Å². The van der Waals surface area contributed by atoms with Crippen molar-refractivity contribution in [3.63, 3.8) is 0 Å². The first-order valence-corrected chi connectivity index (χ1v) is 11.6. The molecule has 7 heteroatoms. The van der Waals surface area contributed by atoms with Crippen LogP contribution in [0.3, 0.4) is 0 Å². The Kier molecular flexibility index (Phi) is 6.14. The van der Waals surface area contributed by atoms with Gasteiger partial charge in [0, 0.05) is 28.1 Å². The second-order valence-corrected chi connectivity index (χ2v) is 8.98. The van der Waals surface area contributed by atoms with Gasteiger partial charge in [-0.2, -0.15) is 0 Å². The number of aromatic nitrogens is 2. The Balaban J connectivity index is 1.65. The lowest BCUT2D eigenvalue weighted by Crippen LogP contribution is -2.18. The van der Waals surface area contributed by atoms with E-state index in [4.69, 9.17) is 28.1 Å². The van der Waals surface area contributed by atoms with E-state index >= 15 is 0 Å². The summed E-state index contributed by atoms with van der Waals surface area (Å²) in [7, 11) is 0. The first-order chi connectivity index (χ1) is 16.5. The van der Waals surface area contributed by atoms with Crippen molar-refractivity contribution in [2.75, 3.05) is 25.0 Å². The van der Waals surface area contributed by atoms with E-state index in [1.807, 2.05) is 43.3 Å². The van der Waals surface area contributed by atoms with Crippen molar-refractivity contribution in [1.82, 2.24) is 15.3 Å². The normalized spacial score (nSPS) is 15.4. The largest absolute Gasteiger partial charge is 0.354 e. The number of hydrogen-bond donors (Lipinski definition) is 2. The first kappa shape index (κ1) is 22.3. The lowest BCUT2D eigenvalue weighted by Gasteiger charge is -2.15. The topological polar surface area (TPSA) is 54.2 Å². The van der Waals surface area contributed by atoms with Crippen molar-refractivity contribution in [2.24, 2.45) is 5.92 Å². The van der Waals surface area contributed by atoms with Crippen LogP contribution in [0.4, 0.5) is 16.0 Å². The fraction of sp³-hybridized carbons (Fsp3) is 0.222. The standard InChI is InChI=1S/C27H23ClFN5/c1-16-4-3-5-21(28)25(16)18-6-8-23-20(12-18)26(19-7-9-24(30-2)22(29)13-19)34-27(33-23)32-15-17-10-11-31-14-17/h3-9,12-13,17,31H,10-11,14-15H2,1H3,(H,32,33,34)/t17-/m0/s1. The van der Waals surface area contributed by atoms with E-state index in [1.165, 1.54) is 12.1 Å². The maximum atomic E-state index is 14.5. The fourth-order valence-corrected chi connectivity index (χ4v) is 4.78. The maximum Gasteiger partial charge on any atom is 0.223 e. The molecule has 4 aromatic rings. The molecular weight excluding hydrogens is 449 g/mol. The van der Waals surface area contributed by atoms with Crippen LogP contribution in [-0.2, 0) is 0 Å². The van der Waals surface area contributed by atoms with Crippen LogP contribution in [0.1, 0.15) is 12.0 Å². The third-order valence-electron chi connectivity index (χ3n) is 6.26. The van der Waals surface area contributed by atoms with Crippen LogP contribution >= 0.6 is 11.6 Å². The molecule has 0 amide bonds. The number of halogens is 2. The summed E-state index contributed by atoms with van der Waals surface area (Å²) in [6.07, 6.45) is 1.11. The highest BCUT2D eigenvalue weighted by Gasteiger charge is 2.17. The third kappa shape index (κ3) is 4.33. The van der Waals surface area contributed by atoms with Crippen LogP contribution in [0.5, 0.6) is 0 Å². The number of nitrogens with one attached hydrogen (secondary N) is 2. The van der Waals surface area contributed by atoms with E-state index in [0.29, 0.717) is 28.1 Å². The van der Waals surface area contributed by atoms with Crippen molar-refractivity contribution >= 4 is 34.1 Å². The zero-order valence-electron chi connectivity index (χ0n) is 18.7. The van der Waals surface area contributed by atoms with Gasteiger partial charge in [-0.3, -0.25) is 0 Å². The van der Waals surface area contributed by atoms with Gasteiger partial charge in [-0.05, 0) is 67.7 Å². The Labute approximate surface area is 202 Å². The van der Waals surface area contributed by atoms with Crippen molar-refractivity contribution in [2.45, 2.75) is 13.3 Å². The Bertz CT molecular complexity index is 1400. The summed E-state index contributed by atoms with van der Waals surface area (Å²) in [5.74, 6) is 0.457. The monoisotopic (exact) mass is 471 g/mol. The molecule has 1 aromatic heterocycles. The van der Waals surface area contributed by atoms with Crippen LogP contribution < -0.4 is 10.6 Å². The van der Waals surface area contributed by atoms with Crippen molar-refractivity contribution < 1.29 is 4.39 Å². The van der Waals surface area contributed by atoms with Crippen LogP contribution in [0.25, 0.3) is 38.1 Å². The van der Waals surface area contributed by atoms with Gasteiger partial charge in [0.2, 0.25) is 11.6 Å². The van der Waals surface area contributed by atoms with Crippen molar-refractivity contribution in [3.05, 3.63) is 82.4 Å². The highest BCUT2D eigenvalue weighted by molar-refractivity contribution is 6.33. The minimum atomic E-state index is -0.566. The molecule has 34 heavy (non-hydrogen) atoms. The number of fused-ring (bicyclic) bond motifs is 1. The highest BCUT2D eigenvalue weighted by atomic mass is 35.5. The number of nitrogens with zero attached hydrogens (tertiary/aromatic N) is 3. The maximum absolute atomic E-state index is 14.5. The predicted octanol–water partition coefficient (Wildman–Crippen LogP) is 6.64. The Morgan fingerprint density at radius 3 is 2.74 bits per heavy atom. The number of anilines is 1. The van der Waals surface area contributed by atoms with Crippen molar-refractivity contribution in [3.8, 4) is 22.4 Å². The zero-order chi connectivity index (χ0) is 23.7. The Morgan fingerprint density at radius 1 is 1.15 bits per heavy atom. The molecule has 5 nitrogen and oxygen atoms in total. The summed E-state index contributed by atoms with van der Waals surface area (Å²) in [5.41, 5.74) is 4.89. The molecule has 0 bridgehead atoms. The second-order valence-electron chi connectivity index (χ2n) is 8.58. The molecule has 1 aliphatic heterocycles. The van der Waals surface area contributed by atoms with Crippen LogP contribution in [0, 0.1) is 25.2 Å². The van der Waals surface area contributed by atoms with Gasteiger partial charge in [0.1, 0.15) is 5.82 Å². The minimum absolute atomic E-state index is 0.0124. The number of rotatable bonds is 5. The number of aryl methyl sites for hydroxylation is 1. The third-order valence-corrected chi connectivity index (χ3v) is 6.57. The molecule has 1 saturated heterocycles. The average Bonchev–Trinajstić information content (AvgIpc) is 3.36. The lowest BCUT2D eigenvalue weighted by molar-refractivity contribution is 0.613. The molecule has 0 spiro atoms. The molecule has 5 rings (SSSR count). The second kappa shape index (κ2) is 9.38. The van der Waals surface area contributed by atoms with Gasteiger partial charge in [0.25, 0.3) is 0 Å². The van der Waals surface area contributed by atoms with Gasteiger partial charge in [0.15, 0.2) is 0 Å². The smallest absolute Gasteiger partial charge is 0.223 e. The average molecular weight is 472 g/mol. The number of hydrogen-bond acceptors (Lipinski definition) is 4. The van der Waals surface area contributed by atoms with Crippen LogP contribution in [0.2, 0.25) is 5.02 Å². The molecule has 0 radical (unpaired) electrons. The summed E-state index contributed by atoms with van der Waals surface area (Å²) in [4.78, 5) is 12.8. The molecule has 1 aliphatic rings. The van der Waals surface area contributed by atoms with E-state index < -0.39 is 5.82 Å². The summed E-state index contributed by atoms with van der Waals surface area (Å²) in [6, 6.07) is 16.4. The molecule has 2 N–H and O–H groups in total. The van der Waals surface area contributed by atoms with Crippen molar-refractivity contribution in [1.29, 1.82) is 0 Å². The summed E-state index contributed by atoms with van der Waals surface area (Å²) in [6.45, 7) is 11.9. The summed E-state index contributed by atoms with van der Waals surface area (Å²) >= 11 is 6.53. The van der Waals surface area contributed by atoms with Gasteiger partial charge < -0.3 is 10.6 Å². The summed E-state index contributed by atoms with van der Waals surface area (Å²) in [5, 5.41) is 8.19. The van der Waals surface area contributed by atoms with E-state index in [0.717, 1.165) is 53.6 Å². The van der Waals surface area contributed by atoms with E-state index in [-0.39, 0.29) is 5.69 Å². The SMILES string of the molecule is [C-]#[N+]c1ccc(-c2nc(NC[C@H]3CCNC3)nc3ccc(-c4c(C)cccc4Cl)cc23)cc1F. The number of benzene rings is 3. The van der Waals surface area contributed by atoms with Gasteiger partial charge in [-0.25, -0.2) is 19.2 Å². The van der Waals surface area contributed by atoms with Crippen LogP contribution in [0.15, 0.2) is 54.6 Å². The molecule has 2 heterocycles. The van der Waals surface area contributed by atoms with Gasteiger partial charge >= 0.3 is 0 Å². The molecule has 3 aromatic carbocycles.